The zero-order valence-corrected chi connectivity index (χ0v) is 13.0. The van der Waals surface area contributed by atoms with E-state index in [1.807, 2.05) is 0 Å². The van der Waals surface area contributed by atoms with Crippen molar-refractivity contribution in [2.75, 3.05) is 0 Å². The summed E-state index contributed by atoms with van der Waals surface area (Å²) in [6, 6.07) is 21.2. The minimum Gasteiger partial charge on any atom is -0.481 e. The van der Waals surface area contributed by atoms with Gasteiger partial charge in [-0.05, 0) is 10.6 Å². The molecule has 0 bridgehead atoms. The van der Waals surface area contributed by atoms with Crippen LogP contribution in [0.3, 0.4) is 0 Å². The van der Waals surface area contributed by atoms with Crippen molar-refractivity contribution < 1.29 is 19.8 Å². The van der Waals surface area contributed by atoms with E-state index >= 15 is 0 Å². The summed E-state index contributed by atoms with van der Waals surface area (Å²) in [5.41, 5.74) is 0. The van der Waals surface area contributed by atoms with Crippen LogP contribution in [0.1, 0.15) is 13.8 Å². The van der Waals surface area contributed by atoms with Gasteiger partial charge in [-0.15, -0.1) is 0 Å². The van der Waals surface area contributed by atoms with E-state index in [0.29, 0.717) is 0 Å². The summed E-state index contributed by atoms with van der Waals surface area (Å²) >= 11 is 0. The van der Waals surface area contributed by atoms with Crippen molar-refractivity contribution in [3.8, 4) is 0 Å². The Morgan fingerprint density at radius 1 is 0.714 bits per heavy atom. The predicted molar refractivity (Wildman–Crippen MR) is 87.1 cm³/mol. The van der Waals surface area contributed by atoms with E-state index in [1.54, 1.807) is 0 Å². The van der Waals surface area contributed by atoms with E-state index in [0.717, 1.165) is 22.4 Å². The highest BCUT2D eigenvalue weighted by molar-refractivity contribution is 7.55. The minimum absolute atomic E-state index is 0.777. The molecule has 5 heteroatoms. The summed E-state index contributed by atoms with van der Waals surface area (Å²) in [7, 11) is 0.777. The first kappa shape index (κ1) is 18.8. The lowest BCUT2D eigenvalue weighted by molar-refractivity contribution is -0.135. The maximum absolute atomic E-state index is 9.00. The van der Waals surface area contributed by atoms with E-state index in [-0.39, 0.29) is 0 Å². The largest absolute Gasteiger partial charge is 0.481 e. The Labute approximate surface area is 126 Å². The third-order valence-electron chi connectivity index (χ3n) is 1.84. The van der Waals surface area contributed by atoms with Crippen LogP contribution >= 0.6 is 8.58 Å². The first-order chi connectivity index (χ1) is 9.91. The molecule has 0 spiro atoms. The van der Waals surface area contributed by atoms with Crippen LogP contribution in [-0.2, 0) is 9.59 Å². The van der Waals surface area contributed by atoms with E-state index < -0.39 is 11.9 Å². The average molecular weight is 306 g/mol. The van der Waals surface area contributed by atoms with Gasteiger partial charge >= 0.3 is 0 Å². The second kappa shape index (κ2) is 11.6. The summed E-state index contributed by atoms with van der Waals surface area (Å²) in [5.74, 6) is -1.67. The van der Waals surface area contributed by atoms with Crippen LogP contribution in [0.25, 0.3) is 0 Å². The van der Waals surface area contributed by atoms with Crippen molar-refractivity contribution >= 4 is 31.1 Å². The maximum atomic E-state index is 9.00. The van der Waals surface area contributed by atoms with Crippen molar-refractivity contribution in [3.63, 3.8) is 0 Å². The standard InChI is InChI=1S/C12H11P.2C2H4O2/c1-3-7-11(8-4-1)13-12-9-5-2-6-10-12;2*1-2(3)4/h1-10,13H;2*1H3,(H,3,4). The van der Waals surface area contributed by atoms with Crippen LogP contribution in [0.5, 0.6) is 0 Å². The molecule has 2 N–H and O–H groups in total. The molecule has 0 aliphatic heterocycles. The van der Waals surface area contributed by atoms with Crippen molar-refractivity contribution in [1.82, 2.24) is 0 Å². The quantitative estimate of drug-likeness (QED) is 0.836. The third-order valence-corrected chi connectivity index (χ3v) is 3.08. The number of carboxylic acids is 2. The zero-order chi connectivity index (χ0) is 16.1. The number of benzene rings is 2. The molecule has 21 heavy (non-hydrogen) atoms. The molecule has 0 atom stereocenters. The van der Waals surface area contributed by atoms with Crippen molar-refractivity contribution in [2.45, 2.75) is 13.8 Å². The molecule has 0 aliphatic carbocycles. The van der Waals surface area contributed by atoms with Crippen LogP contribution in [0.4, 0.5) is 0 Å². The Hall–Kier alpha value is -2.19. The summed E-state index contributed by atoms with van der Waals surface area (Å²) in [4.78, 5) is 18.0. The molecule has 2 aromatic rings. The van der Waals surface area contributed by atoms with E-state index in [1.165, 1.54) is 10.6 Å². The molecule has 0 amide bonds. The molecule has 0 fully saturated rings. The molecule has 112 valence electrons. The fraction of sp³-hybridized carbons (Fsp3) is 0.125. The highest BCUT2D eigenvalue weighted by Crippen LogP contribution is 2.08. The van der Waals surface area contributed by atoms with Gasteiger partial charge in [0.2, 0.25) is 0 Å². The van der Waals surface area contributed by atoms with Gasteiger partial charge < -0.3 is 10.2 Å². The Balaban J connectivity index is 0.000000421. The molecule has 0 aliphatic rings. The van der Waals surface area contributed by atoms with Crippen molar-refractivity contribution in [3.05, 3.63) is 60.7 Å². The molecule has 0 heterocycles. The fourth-order valence-corrected chi connectivity index (χ4v) is 2.26. The Bertz CT molecular complexity index is 469. The highest BCUT2D eigenvalue weighted by atomic mass is 31.1. The number of aliphatic carboxylic acids is 2. The van der Waals surface area contributed by atoms with Gasteiger partial charge in [0.05, 0.1) is 0 Å². The summed E-state index contributed by atoms with van der Waals surface area (Å²) in [6.07, 6.45) is 0. The number of hydrogen-bond donors (Lipinski definition) is 2. The minimum atomic E-state index is -0.833. The molecule has 2 aromatic carbocycles. The summed E-state index contributed by atoms with van der Waals surface area (Å²) in [6.45, 7) is 2.17. The van der Waals surface area contributed by atoms with Gasteiger partial charge in [-0.2, -0.15) is 0 Å². The van der Waals surface area contributed by atoms with Gasteiger partial charge in [0.1, 0.15) is 0 Å². The van der Waals surface area contributed by atoms with Gasteiger partial charge in [0.25, 0.3) is 11.9 Å². The summed E-state index contributed by atoms with van der Waals surface area (Å²) in [5, 5.41) is 17.6. The first-order valence-corrected chi connectivity index (χ1v) is 7.18. The lowest BCUT2D eigenvalue weighted by Crippen LogP contribution is -2.01. The number of carboxylic acid groups (broad SMARTS) is 2. The van der Waals surface area contributed by atoms with E-state index in [4.69, 9.17) is 19.8 Å². The van der Waals surface area contributed by atoms with Crippen molar-refractivity contribution in [1.29, 1.82) is 0 Å². The topological polar surface area (TPSA) is 74.6 Å². The third kappa shape index (κ3) is 14.0. The lowest BCUT2D eigenvalue weighted by Gasteiger charge is -2.00. The fourth-order valence-electron chi connectivity index (χ4n) is 1.21. The van der Waals surface area contributed by atoms with Gasteiger partial charge in [-0.3, -0.25) is 9.59 Å². The molecule has 2 rings (SSSR count). The summed E-state index contributed by atoms with van der Waals surface area (Å²) < 4.78 is 0. The average Bonchev–Trinajstić information content (AvgIpc) is 2.40. The molecule has 0 radical (unpaired) electrons. The number of carbonyl (C=O) groups is 2. The second-order valence-corrected chi connectivity index (χ2v) is 5.30. The second-order valence-electron chi connectivity index (χ2n) is 3.90. The van der Waals surface area contributed by atoms with Crippen LogP contribution in [0.2, 0.25) is 0 Å². The van der Waals surface area contributed by atoms with Gasteiger partial charge in [-0.1, -0.05) is 69.2 Å². The lowest BCUT2D eigenvalue weighted by atomic mass is 10.4. The van der Waals surface area contributed by atoms with Crippen LogP contribution in [-0.4, -0.2) is 22.2 Å². The maximum Gasteiger partial charge on any atom is 0.300 e. The SMILES string of the molecule is CC(=O)O.CC(=O)O.c1ccc(Pc2ccccc2)cc1. The Kier molecular flexibility index (Phi) is 10.4. The molecular weight excluding hydrogens is 287 g/mol. The monoisotopic (exact) mass is 306 g/mol. The van der Waals surface area contributed by atoms with Gasteiger partial charge in [-0.25, -0.2) is 0 Å². The first-order valence-electron chi connectivity index (χ1n) is 6.18. The van der Waals surface area contributed by atoms with E-state index in [9.17, 15) is 0 Å². The van der Waals surface area contributed by atoms with Crippen LogP contribution < -0.4 is 10.6 Å². The van der Waals surface area contributed by atoms with Gasteiger partial charge in [0.15, 0.2) is 0 Å². The van der Waals surface area contributed by atoms with Crippen LogP contribution in [0, 0.1) is 0 Å². The molecule has 4 nitrogen and oxygen atoms in total. The molecule has 0 aromatic heterocycles. The molecule has 0 saturated heterocycles. The predicted octanol–water partition coefficient (Wildman–Crippen LogP) is 2.50. The Morgan fingerprint density at radius 3 is 1.19 bits per heavy atom. The highest BCUT2D eigenvalue weighted by Gasteiger charge is 1.92. The number of rotatable bonds is 2. The zero-order valence-electron chi connectivity index (χ0n) is 12.0. The molecule has 0 unspecified atom stereocenters. The Morgan fingerprint density at radius 2 is 0.952 bits per heavy atom. The van der Waals surface area contributed by atoms with Crippen molar-refractivity contribution in [2.24, 2.45) is 0 Å². The van der Waals surface area contributed by atoms with Gasteiger partial charge in [0, 0.05) is 13.8 Å². The normalized spacial score (nSPS) is 8.48. The smallest absolute Gasteiger partial charge is 0.300 e. The number of hydrogen-bond acceptors (Lipinski definition) is 2. The molecule has 0 saturated carbocycles. The van der Waals surface area contributed by atoms with E-state index in [2.05, 4.69) is 60.7 Å². The van der Waals surface area contributed by atoms with Crippen LogP contribution in [0.15, 0.2) is 60.7 Å². The molecular formula is C16H19O4P.